The van der Waals surface area contributed by atoms with Gasteiger partial charge in [0.05, 0.1) is 0 Å². The largest absolute Gasteiger partial charge is 0.486 e. The van der Waals surface area contributed by atoms with Crippen molar-refractivity contribution in [2.24, 2.45) is 0 Å². The van der Waals surface area contributed by atoms with Gasteiger partial charge in [-0.05, 0) is 24.3 Å². The zero-order valence-corrected chi connectivity index (χ0v) is 9.75. The molecule has 1 heterocycles. The number of hydrogen-bond donors (Lipinski definition) is 2. The standard InChI is InChI=1S/C11H13N3OS/c1-12-14-9-2-4-10(5-3-9)15-8-11-13-6-7-16-11/h2-7,12,14H,8H2,1H3. The first-order valence-electron chi connectivity index (χ1n) is 4.92. The Morgan fingerprint density at radius 1 is 1.31 bits per heavy atom. The van der Waals surface area contributed by atoms with Crippen LogP contribution >= 0.6 is 11.3 Å². The van der Waals surface area contributed by atoms with E-state index >= 15 is 0 Å². The smallest absolute Gasteiger partial charge is 0.140 e. The maximum absolute atomic E-state index is 5.58. The fourth-order valence-electron chi connectivity index (χ4n) is 1.25. The molecule has 0 radical (unpaired) electrons. The second-order valence-electron chi connectivity index (χ2n) is 3.11. The molecule has 2 N–H and O–H groups in total. The van der Waals surface area contributed by atoms with Crippen LogP contribution in [0.1, 0.15) is 5.01 Å². The van der Waals surface area contributed by atoms with Crippen molar-refractivity contribution in [3.05, 3.63) is 40.8 Å². The molecule has 0 aliphatic carbocycles. The Kier molecular flexibility index (Phi) is 3.74. The Hall–Kier alpha value is -1.59. The number of hydrazine groups is 1. The summed E-state index contributed by atoms with van der Waals surface area (Å²) in [4.78, 5) is 4.15. The lowest BCUT2D eigenvalue weighted by molar-refractivity contribution is 0.305. The van der Waals surface area contributed by atoms with Gasteiger partial charge < -0.3 is 10.2 Å². The number of anilines is 1. The molecular formula is C11H13N3OS. The maximum atomic E-state index is 5.58. The predicted octanol–water partition coefficient (Wildman–Crippen LogP) is 2.27. The fourth-order valence-corrected chi connectivity index (χ4v) is 1.78. The molecule has 2 aromatic rings. The molecule has 2 rings (SSSR count). The van der Waals surface area contributed by atoms with E-state index in [4.69, 9.17) is 4.74 Å². The van der Waals surface area contributed by atoms with Crippen LogP contribution in [0, 0.1) is 0 Å². The third kappa shape index (κ3) is 2.95. The Morgan fingerprint density at radius 2 is 2.12 bits per heavy atom. The zero-order valence-electron chi connectivity index (χ0n) is 8.93. The second-order valence-corrected chi connectivity index (χ2v) is 4.09. The quantitative estimate of drug-likeness (QED) is 0.780. The van der Waals surface area contributed by atoms with Crippen molar-refractivity contribution in [3.63, 3.8) is 0 Å². The summed E-state index contributed by atoms with van der Waals surface area (Å²) in [6, 6.07) is 7.75. The number of aromatic nitrogens is 1. The predicted molar refractivity (Wildman–Crippen MR) is 65.6 cm³/mol. The first-order valence-corrected chi connectivity index (χ1v) is 5.80. The molecule has 0 saturated carbocycles. The molecule has 0 saturated heterocycles. The van der Waals surface area contributed by atoms with Gasteiger partial charge in [-0.1, -0.05) is 0 Å². The Morgan fingerprint density at radius 3 is 2.75 bits per heavy atom. The van der Waals surface area contributed by atoms with Gasteiger partial charge in [0, 0.05) is 24.3 Å². The molecule has 0 atom stereocenters. The summed E-state index contributed by atoms with van der Waals surface area (Å²) < 4.78 is 5.58. The second kappa shape index (κ2) is 5.48. The highest BCUT2D eigenvalue weighted by Crippen LogP contribution is 2.16. The minimum absolute atomic E-state index is 0.524. The average molecular weight is 235 g/mol. The molecule has 0 amide bonds. The van der Waals surface area contributed by atoms with Gasteiger partial charge in [-0.3, -0.25) is 0 Å². The molecule has 0 bridgehead atoms. The molecule has 1 aromatic carbocycles. The van der Waals surface area contributed by atoms with E-state index in [9.17, 15) is 0 Å². The number of thiazole rings is 1. The summed E-state index contributed by atoms with van der Waals surface area (Å²) in [5, 5.41) is 2.93. The van der Waals surface area contributed by atoms with Gasteiger partial charge in [0.15, 0.2) is 0 Å². The van der Waals surface area contributed by atoms with Gasteiger partial charge in [0.2, 0.25) is 0 Å². The summed E-state index contributed by atoms with van der Waals surface area (Å²) in [5.41, 5.74) is 6.85. The van der Waals surface area contributed by atoms with Crippen molar-refractivity contribution in [2.75, 3.05) is 12.5 Å². The van der Waals surface area contributed by atoms with Crippen LogP contribution < -0.4 is 15.6 Å². The lowest BCUT2D eigenvalue weighted by atomic mass is 10.3. The van der Waals surface area contributed by atoms with Crippen molar-refractivity contribution in [1.29, 1.82) is 0 Å². The van der Waals surface area contributed by atoms with Gasteiger partial charge >= 0.3 is 0 Å². The summed E-state index contributed by atoms with van der Waals surface area (Å²) in [5.74, 6) is 0.844. The minimum Gasteiger partial charge on any atom is -0.486 e. The third-order valence-electron chi connectivity index (χ3n) is 1.97. The van der Waals surface area contributed by atoms with Crippen LogP contribution in [0.25, 0.3) is 0 Å². The normalized spacial score (nSPS) is 10.1. The third-order valence-corrected chi connectivity index (χ3v) is 2.72. The van der Waals surface area contributed by atoms with E-state index < -0.39 is 0 Å². The minimum atomic E-state index is 0.524. The SMILES string of the molecule is CNNc1ccc(OCc2nccs2)cc1. The molecule has 0 unspecified atom stereocenters. The number of ether oxygens (including phenoxy) is 1. The average Bonchev–Trinajstić information content (AvgIpc) is 2.82. The van der Waals surface area contributed by atoms with E-state index in [0.29, 0.717) is 6.61 Å². The zero-order chi connectivity index (χ0) is 11.2. The fraction of sp³-hybridized carbons (Fsp3) is 0.182. The molecule has 0 aliphatic heterocycles. The molecule has 84 valence electrons. The number of nitrogens with one attached hydrogen (secondary N) is 2. The van der Waals surface area contributed by atoms with Crippen molar-refractivity contribution < 1.29 is 4.74 Å². The molecule has 0 fully saturated rings. The summed E-state index contributed by atoms with van der Waals surface area (Å²) >= 11 is 1.59. The summed E-state index contributed by atoms with van der Waals surface area (Å²) in [7, 11) is 1.83. The van der Waals surface area contributed by atoms with E-state index in [-0.39, 0.29) is 0 Å². The van der Waals surface area contributed by atoms with E-state index in [0.717, 1.165) is 16.4 Å². The van der Waals surface area contributed by atoms with E-state index in [1.54, 1.807) is 17.5 Å². The first-order chi connectivity index (χ1) is 7.88. The van der Waals surface area contributed by atoms with Crippen LogP contribution in [0.3, 0.4) is 0 Å². The number of nitrogens with zero attached hydrogens (tertiary/aromatic N) is 1. The van der Waals surface area contributed by atoms with E-state index in [1.165, 1.54) is 0 Å². The van der Waals surface area contributed by atoms with Gasteiger partial charge in [-0.15, -0.1) is 11.3 Å². The number of hydrogen-bond acceptors (Lipinski definition) is 5. The van der Waals surface area contributed by atoms with Crippen LogP contribution in [0.5, 0.6) is 5.75 Å². The van der Waals surface area contributed by atoms with Gasteiger partial charge in [0.1, 0.15) is 17.4 Å². The molecule has 1 aromatic heterocycles. The first kappa shape index (κ1) is 10.9. The van der Waals surface area contributed by atoms with Crippen LogP contribution in [0.2, 0.25) is 0 Å². The topological polar surface area (TPSA) is 46.2 Å². The molecule has 16 heavy (non-hydrogen) atoms. The maximum Gasteiger partial charge on any atom is 0.140 e. The van der Waals surface area contributed by atoms with E-state index in [2.05, 4.69) is 15.8 Å². The monoisotopic (exact) mass is 235 g/mol. The molecular weight excluding hydrogens is 222 g/mol. The highest BCUT2D eigenvalue weighted by molar-refractivity contribution is 7.09. The van der Waals surface area contributed by atoms with Crippen molar-refractivity contribution in [3.8, 4) is 5.75 Å². The lowest BCUT2D eigenvalue weighted by Crippen LogP contribution is -2.14. The van der Waals surface area contributed by atoms with Gasteiger partial charge in [0.25, 0.3) is 0 Å². The van der Waals surface area contributed by atoms with Gasteiger partial charge in [-0.25, -0.2) is 10.4 Å². The summed E-state index contributed by atoms with van der Waals surface area (Å²) in [6.07, 6.45) is 1.78. The Labute approximate surface area is 98.3 Å². The molecule has 0 spiro atoms. The number of benzene rings is 1. The van der Waals surface area contributed by atoms with Crippen molar-refractivity contribution in [2.45, 2.75) is 6.61 Å². The Balaban J connectivity index is 1.90. The van der Waals surface area contributed by atoms with E-state index in [1.807, 2.05) is 36.7 Å². The van der Waals surface area contributed by atoms with Crippen LogP contribution in [0.15, 0.2) is 35.8 Å². The highest BCUT2D eigenvalue weighted by atomic mass is 32.1. The Bertz CT molecular complexity index is 413. The van der Waals surface area contributed by atoms with Crippen LogP contribution in [-0.2, 0) is 6.61 Å². The van der Waals surface area contributed by atoms with Gasteiger partial charge in [-0.2, -0.15) is 0 Å². The van der Waals surface area contributed by atoms with Crippen molar-refractivity contribution in [1.82, 2.24) is 10.4 Å². The molecule has 0 aliphatic rings. The number of rotatable bonds is 5. The molecule has 4 nitrogen and oxygen atoms in total. The lowest BCUT2D eigenvalue weighted by Gasteiger charge is -2.06. The van der Waals surface area contributed by atoms with Crippen LogP contribution in [0.4, 0.5) is 5.69 Å². The molecule has 5 heteroatoms. The van der Waals surface area contributed by atoms with Crippen LogP contribution in [-0.4, -0.2) is 12.0 Å². The highest BCUT2D eigenvalue weighted by Gasteiger charge is 1.98. The van der Waals surface area contributed by atoms with Crippen molar-refractivity contribution >= 4 is 17.0 Å². The summed E-state index contributed by atoms with van der Waals surface area (Å²) in [6.45, 7) is 0.524.